The second-order valence-corrected chi connectivity index (χ2v) is 4.99. The van der Waals surface area contributed by atoms with Gasteiger partial charge in [0, 0.05) is 6.92 Å². The van der Waals surface area contributed by atoms with Crippen molar-refractivity contribution < 1.29 is 4.79 Å². The Morgan fingerprint density at radius 3 is 2.65 bits per heavy atom. The van der Waals surface area contributed by atoms with Crippen molar-refractivity contribution >= 4 is 21.0 Å². The molecule has 1 aromatic carbocycles. The van der Waals surface area contributed by atoms with Gasteiger partial charge in [-0.25, -0.2) is 0 Å². The van der Waals surface area contributed by atoms with Crippen LogP contribution in [0.1, 0.15) is 44.2 Å². The van der Waals surface area contributed by atoms with E-state index in [0.717, 1.165) is 12.1 Å². The molecule has 1 unspecified atom stereocenters. The molecule has 0 aliphatic heterocycles. The predicted octanol–water partition coefficient (Wildman–Crippen LogP) is 3.87. The van der Waals surface area contributed by atoms with Gasteiger partial charge in [0.2, 0.25) is 5.91 Å². The maximum absolute atomic E-state index is 11.4. The highest BCUT2D eigenvalue weighted by Crippen LogP contribution is 2.26. The van der Waals surface area contributed by atoms with E-state index in [-0.39, 0.29) is 5.91 Å². The molecule has 94 valence electrons. The van der Waals surface area contributed by atoms with Crippen LogP contribution in [-0.4, -0.2) is 5.91 Å². The van der Waals surface area contributed by atoms with E-state index in [9.17, 15) is 4.79 Å². The normalized spacial score (nSPS) is 10.4. The minimum atomic E-state index is 0.0515. The maximum atomic E-state index is 11.4. The highest BCUT2D eigenvalue weighted by Gasteiger charge is 2.10. The molecule has 1 rings (SSSR count). The van der Waals surface area contributed by atoms with Crippen LogP contribution in [0.3, 0.4) is 0 Å². The van der Waals surface area contributed by atoms with E-state index in [2.05, 4.69) is 35.4 Å². The Bertz CT molecular complexity index is 390. The summed E-state index contributed by atoms with van der Waals surface area (Å²) < 4.78 is 1.65. The first kappa shape index (κ1) is 14.2. The Labute approximate surface area is 107 Å². The molecule has 0 saturated carbocycles. The zero-order valence-corrected chi connectivity index (χ0v) is 12.1. The number of amides is 1. The van der Waals surface area contributed by atoms with Gasteiger partial charge >= 0.3 is 0 Å². The van der Waals surface area contributed by atoms with Crippen molar-refractivity contribution in [1.82, 2.24) is 0 Å². The van der Waals surface area contributed by atoms with E-state index < -0.39 is 0 Å². The van der Waals surface area contributed by atoms with Crippen LogP contribution in [0.5, 0.6) is 0 Å². The third-order valence-corrected chi connectivity index (χ3v) is 3.53. The van der Waals surface area contributed by atoms with Crippen molar-refractivity contribution in [1.29, 1.82) is 0 Å². The average Bonchev–Trinajstić information content (AvgIpc) is 2.28. The van der Waals surface area contributed by atoms with E-state index in [4.69, 9.17) is 0 Å². The van der Waals surface area contributed by atoms with Gasteiger partial charge in [-0.2, -0.15) is 0 Å². The molecule has 0 heterocycles. The summed E-state index contributed by atoms with van der Waals surface area (Å²) in [6, 6.07) is 6.27. The first-order chi connectivity index (χ1) is 8.06. The summed E-state index contributed by atoms with van der Waals surface area (Å²) in [5, 5.41) is 0. The Balaban J connectivity index is 2.91. The SMILES string of the molecule is CCCCCc1cc(C)ccc1N(P)C(C)=O. The number of rotatable bonds is 5. The van der Waals surface area contributed by atoms with Gasteiger partial charge in [0.15, 0.2) is 0 Å². The first-order valence-corrected chi connectivity index (χ1v) is 6.72. The highest BCUT2D eigenvalue weighted by molar-refractivity contribution is 7.21. The fraction of sp³-hybridized carbons (Fsp3) is 0.500. The van der Waals surface area contributed by atoms with Gasteiger partial charge < -0.3 is 0 Å². The summed E-state index contributed by atoms with van der Waals surface area (Å²) in [6.45, 7) is 5.88. The summed E-state index contributed by atoms with van der Waals surface area (Å²) in [7, 11) is 2.50. The molecule has 0 aliphatic rings. The Morgan fingerprint density at radius 2 is 2.06 bits per heavy atom. The minimum Gasteiger partial charge on any atom is -0.297 e. The number of nitrogens with zero attached hydrogens (tertiary/aromatic N) is 1. The molecule has 17 heavy (non-hydrogen) atoms. The molecule has 3 heteroatoms. The van der Waals surface area contributed by atoms with Gasteiger partial charge in [-0.15, -0.1) is 0 Å². The standard InChI is InChI=1S/C14H22NOP/c1-4-5-6-7-13-10-11(2)8-9-14(13)15(17)12(3)16/h8-10H,4-7,17H2,1-3H3. The van der Waals surface area contributed by atoms with Gasteiger partial charge in [-0.1, -0.05) is 37.5 Å². The first-order valence-electron chi connectivity index (χ1n) is 6.21. The molecule has 1 amide bonds. The van der Waals surface area contributed by atoms with E-state index in [0.29, 0.717) is 0 Å². The highest BCUT2D eigenvalue weighted by atomic mass is 31.0. The van der Waals surface area contributed by atoms with Crippen molar-refractivity contribution in [3.8, 4) is 0 Å². The molecule has 0 aliphatic carbocycles. The van der Waals surface area contributed by atoms with Crippen LogP contribution in [0.4, 0.5) is 5.69 Å². The zero-order chi connectivity index (χ0) is 12.8. The summed E-state index contributed by atoms with van der Waals surface area (Å²) in [6.07, 6.45) is 4.69. The van der Waals surface area contributed by atoms with Crippen molar-refractivity contribution in [2.45, 2.75) is 46.5 Å². The lowest BCUT2D eigenvalue weighted by Gasteiger charge is -2.19. The van der Waals surface area contributed by atoms with Gasteiger partial charge in [0.1, 0.15) is 0 Å². The summed E-state index contributed by atoms with van der Waals surface area (Å²) in [5.74, 6) is 0.0515. The van der Waals surface area contributed by atoms with Gasteiger partial charge in [-0.3, -0.25) is 9.46 Å². The summed E-state index contributed by atoms with van der Waals surface area (Å²) >= 11 is 0. The fourth-order valence-corrected chi connectivity index (χ4v) is 2.14. The minimum absolute atomic E-state index is 0.0515. The van der Waals surface area contributed by atoms with Crippen LogP contribution >= 0.6 is 9.39 Å². The number of benzene rings is 1. The monoisotopic (exact) mass is 251 g/mol. The van der Waals surface area contributed by atoms with Crippen LogP contribution < -0.4 is 4.67 Å². The van der Waals surface area contributed by atoms with Crippen molar-refractivity contribution in [3.63, 3.8) is 0 Å². The molecule has 1 aromatic rings. The van der Waals surface area contributed by atoms with Crippen LogP contribution in [0.2, 0.25) is 0 Å². The van der Waals surface area contributed by atoms with Crippen LogP contribution in [-0.2, 0) is 11.2 Å². The molecule has 1 atom stereocenters. The molecular formula is C14H22NOP. The molecule has 0 bridgehead atoms. The van der Waals surface area contributed by atoms with Crippen LogP contribution in [0.15, 0.2) is 18.2 Å². The van der Waals surface area contributed by atoms with Gasteiger partial charge in [0.05, 0.1) is 5.69 Å². The quantitative estimate of drug-likeness (QED) is 0.574. The Hall–Kier alpha value is -0.880. The molecule has 0 N–H and O–H groups in total. The topological polar surface area (TPSA) is 20.3 Å². The Morgan fingerprint density at radius 1 is 1.35 bits per heavy atom. The lowest BCUT2D eigenvalue weighted by atomic mass is 10.0. The Kier molecular flexibility index (Phi) is 5.64. The maximum Gasteiger partial charge on any atom is 0.226 e. The number of hydrogen-bond acceptors (Lipinski definition) is 1. The largest absolute Gasteiger partial charge is 0.297 e. The number of carbonyl (C=O) groups is 1. The molecule has 0 fully saturated rings. The molecule has 0 aromatic heterocycles. The zero-order valence-electron chi connectivity index (χ0n) is 11.0. The van der Waals surface area contributed by atoms with E-state index in [1.165, 1.54) is 30.4 Å². The third kappa shape index (κ3) is 4.12. The molecule has 0 radical (unpaired) electrons. The lowest BCUT2D eigenvalue weighted by molar-refractivity contribution is -0.115. The summed E-state index contributed by atoms with van der Waals surface area (Å²) in [5.41, 5.74) is 3.54. The smallest absolute Gasteiger partial charge is 0.226 e. The average molecular weight is 251 g/mol. The van der Waals surface area contributed by atoms with Crippen molar-refractivity contribution in [2.75, 3.05) is 4.67 Å². The second kappa shape index (κ2) is 6.76. The van der Waals surface area contributed by atoms with E-state index in [1.807, 2.05) is 6.07 Å². The molecule has 0 saturated heterocycles. The number of aryl methyl sites for hydroxylation is 2. The van der Waals surface area contributed by atoms with E-state index >= 15 is 0 Å². The summed E-state index contributed by atoms with van der Waals surface area (Å²) in [4.78, 5) is 11.4. The lowest BCUT2D eigenvalue weighted by Crippen LogP contribution is -2.17. The molecular weight excluding hydrogens is 229 g/mol. The van der Waals surface area contributed by atoms with Crippen molar-refractivity contribution in [2.24, 2.45) is 0 Å². The fourth-order valence-electron chi connectivity index (χ4n) is 1.88. The predicted molar refractivity (Wildman–Crippen MR) is 77.3 cm³/mol. The second-order valence-electron chi connectivity index (χ2n) is 4.48. The third-order valence-electron chi connectivity index (χ3n) is 2.88. The number of hydrogen-bond donors (Lipinski definition) is 0. The van der Waals surface area contributed by atoms with Gasteiger partial charge in [0.25, 0.3) is 0 Å². The van der Waals surface area contributed by atoms with Gasteiger partial charge in [-0.05, 0) is 40.8 Å². The van der Waals surface area contributed by atoms with E-state index in [1.54, 1.807) is 11.6 Å². The number of carbonyl (C=O) groups excluding carboxylic acids is 1. The van der Waals surface area contributed by atoms with Crippen LogP contribution in [0, 0.1) is 6.92 Å². The molecule has 2 nitrogen and oxygen atoms in total. The molecule has 0 spiro atoms. The number of anilines is 1. The van der Waals surface area contributed by atoms with Crippen LogP contribution in [0.25, 0.3) is 0 Å². The van der Waals surface area contributed by atoms with Crippen molar-refractivity contribution in [3.05, 3.63) is 29.3 Å². The number of unbranched alkanes of at least 4 members (excludes halogenated alkanes) is 2.